The summed E-state index contributed by atoms with van der Waals surface area (Å²) in [5, 5.41) is 9.02. The lowest BCUT2D eigenvalue weighted by Gasteiger charge is -2.04. The number of nitrogens with zero attached hydrogens (tertiary/aromatic N) is 6. The summed E-state index contributed by atoms with van der Waals surface area (Å²) >= 11 is 0. The highest BCUT2D eigenvalue weighted by Crippen LogP contribution is 2.16. The van der Waals surface area contributed by atoms with Crippen LogP contribution in [0, 0.1) is 11.3 Å². The smallest absolute Gasteiger partial charge is 0.165 e. The fourth-order valence-electron chi connectivity index (χ4n) is 1.86. The molecule has 0 spiro atoms. The number of aromatic nitrogens is 5. The van der Waals surface area contributed by atoms with Crippen molar-refractivity contribution in [2.24, 2.45) is 0 Å². The summed E-state index contributed by atoms with van der Waals surface area (Å²) in [5.41, 5.74) is 8.13. The average Bonchev–Trinajstić information content (AvgIpc) is 2.84. The van der Waals surface area contributed by atoms with Crippen molar-refractivity contribution in [2.75, 3.05) is 5.73 Å². The third kappa shape index (κ3) is 1.85. The number of nitrogen functional groups attached to an aromatic ring is 1. The van der Waals surface area contributed by atoms with Crippen molar-refractivity contribution in [3.05, 3.63) is 42.2 Å². The van der Waals surface area contributed by atoms with Crippen molar-refractivity contribution < 1.29 is 0 Å². The van der Waals surface area contributed by atoms with Gasteiger partial charge in [-0.1, -0.05) is 6.07 Å². The Kier molecular flexibility index (Phi) is 2.54. The van der Waals surface area contributed by atoms with E-state index in [0.29, 0.717) is 29.2 Å². The normalized spacial score (nSPS) is 10.5. The number of nitrogens with two attached hydrogens (primary N) is 1. The Morgan fingerprint density at radius 3 is 3.00 bits per heavy atom. The van der Waals surface area contributed by atoms with Gasteiger partial charge in [0.15, 0.2) is 11.5 Å². The van der Waals surface area contributed by atoms with E-state index < -0.39 is 0 Å². The fraction of sp³-hybridized carbons (Fsp3) is 0.0833. The molecular formula is C12H9N7. The molecule has 0 unspecified atom stereocenters. The van der Waals surface area contributed by atoms with Crippen LogP contribution in [0.3, 0.4) is 0 Å². The van der Waals surface area contributed by atoms with Gasteiger partial charge in [-0.3, -0.25) is 0 Å². The van der Waals surface area contributed by atoms with Crippen LogP contribution in [0.15, 0.2) is 31.0 Å². The standard InChI is InChI=1S/C12H9N7/c13-4-9-8(2-1-3-15-9)5-19-7-18-10-11(14)16-6-17-12(10)19/h1-3,6-7H,5H2,(H2,14,16,17). The third-order valence-electron chi connectivity index (χ3n) is 2.77. The zero-order valence-corrected chi connectivity index (χ0v) is 9.85. The first-order chi connectivity index (χ1) is 9.29. The number of imidazole rings is 1. The van der Waals surface area contributed by atoms with Crippen molar-refractivity contribution in [1.29, 1.82) is 5.26 Å². The number of hydrogen-bond acceptors (Lipinski definition) is 6. The maximum atomic E-state index is 9.02. The topological polar surface area (TPSA) is 106 Å². The Labute approximate surface area is 108 Å². The van der Waals surface area contributed by atoms with Crippen LogP contribution < -0.4 is 5.73 Å². The lowest BCUT2D eigenvalue weighted by atomic mass is 10.2. The number of hydrogen-bond donors (Lipinski definition) is 1. The van der Waals surface area contributed by atoms with Gasteiger partial charge >= 0.3 is 0 Å². The molecule has 0 atom stereocenters. The van der Waals surface area contributed by atoms with E-state index in [2.05, 4.69) is 26.0 Å². The molecular weight excluding hydrogens is 242 g/mol. The molecule has 2 N–H and O–H groups in total. The van der Waals surface area contributed by atoms with Crippen molar-refractivity contribution in [2.45, 2.75) is 6.54 Å². The first-order valence-corrected chi connectivity index (χ1v) is 5.55. The predicted octanol–water partition coefficient (Wildman–Crippen LogP) is 0.723. The molecule has 3 rings (SSSR count). The molecule has 7 heteroatoms. The Hall–Kier alpha value is -3.01. The van der Waals surface area contributed by atoms with Gasteiger partial charge in [0, 0.05) is 11.8 Å². The maximum Gasteiger partial charge on any atom is 0.165 e. The third-order valence-corrected chi connectivity index (χ3v) is 2.77. The zero-order valence-electron chi connectivity index (χ0n) is 9.85. The molecule has 92 valence electrons. The predicted molar refractivity (Wildman–Crippen MR) is 67.8 cm³/mol. The van der Waals surface area contributed by atoms with Crippen molar-refractivity contribution in [3.63, 3.8) is 0 Å². The van der Waals surface area contributed by atoms with Gasteiger partial charge in [-0.05, 0) is 6.07 Å². The molecule has 0 bridgehead atoms. The highest BCUT2D eigenvalue weighted by molar-refractivity contribution is 5.81. The quantitative estimate of drug-likeness (QED) is 0.719. The first-order valence-electron chi connectivity index (χ1n) is 5.55. The van der Waals surface area contributed by atoms with Crippen LogP contribution in [0.4, 0.5) is 5.82 Å². The van der Waals surface area contributed by atoms with E-state index >= 15 is 0 Å². The molecule has 3 heterocycles. The average molecular weight is 251 g/mol. The van der Waals surface area contributed by atoms with Crippen molar-refractivity contribution in [3.8, 4) is 6.07 Å². The van der Waals surface area contributed by atoms with E-state index in [4.69, 9.17) is 11.0 Å². The van der Waals surface area contributed by atoms with Gasteiger partial charge in [-0.25, -0.2) is 19.9 Å². The molecule has 7 nitrogen and oxygen atoms in total. The highest BCUT2D eigenvalue weighted by atomic mass is 15.1. The summed E-state index contributed by atoms with van der Waals surface area (Å²) in [6.07, 6.45) is 4.61. The SMILES string of the molecule is N#Cc1ncccc1Cn1cnc2c(N)ncnc21. The number of pyridine rings is 1. The van der Waals surface area contributed by atoms with Crippen molar-refractivity contribution in [1.82, 2.24) is 24.5 Å². The van der Waals surface area contributed by atoms with E-state index in [9.17, 15) is 0 Å². The number of rotatable bonds is 2. The molecule has 3 aromatic rings. The van der Waals surface area contributed by atoms with Gasteiger partial charge in [-0.2, -0.15) is 5.26 Å². The zero-order chi connectivity index (χ0) is 13.2. The van der Waals surface area contributed by atoms with Gasteiger partial charge in [0.05, 0.1) is 12.9 Å². The minimum Gasteiger partial charge on any atom is -0.382 e. The summed E-state index contributed by atoms with van der Waals surface area (Å²) in [5.74, 6) is 0.343. The largest absolute Gasteiger partial charge is 0.382 e. The number of fused-ring (bicyclic) bond motifs is 1. The lowest BCUT2D eigenvalue weighted by Crippen LogP contribution is -2.03. The van der Waals surface area contributed by atoms with Crippen molar-refractivity contribution >= 4 is 17.0 Å². The van der Waals surface area contributed by atoms with Gasteiger partial charge in [-0.15, -0.1) is 0 Å². The van der Waals surface area contributed by atoms with Crippen LogP contribution in [0.25, 0.3) is 11.2 Å². The number of anilines is 1. The van der Waals surface area contributed by atoms with E-state index in [-0.39, 0.29) is 0 Å². The molecule has 0 aliphatic carbocycles. The Morgan fingerprint density at radius 1 is 1.26 bits per heavy atom. The molecule has 0 saturated heterocycles. The molecule has 0 aliphatic rings. The van der Waals surface area contributed by atoms with Crippen LogP contribution in [0.1, 0.15) is 11.3 Å². The molecule has 19 heavy (non-hydrogen) atoms. The molecule has 0 amide bonds. The Balaban J connectivity index is 2.07. The maximum absolute atomic E-state index is 9.02. The van der Waals surface area contributed by atoms with Gasteiger partial charge in [0.2, 0.25) is 0 Å². The highest BCUT2D eigenvalue weighted by Gasteiger charge is 2.10. The summed E-state index contributed by atoms with van der Waals surface area (Å²) in [7, 11) is 0. The van der Waals surface area contributed by atoms with Gasteiger partial charge < -0.3 is 10.3 Å². The minimum atomic E-state index is 0.343. The molecule has 3 aromatic heterocycles. The Bertz CT molecular complexity index is 784. The van der Waals surface area contributed by atoms with Gasteiger partial charge in [0.1, 0.15) is 23.6 Å². The lowest BCUT2D eigenvalue weighted by molar-refractivity contribution is 0.805. The minimum absolute atomic E-state index is 0.343. The fourth-order valence-corrected chi connectivity index (χ4v) is 1.86. The van der Waals surface area contributed by atoms with E-state index in [1.165, 1.54) is 6.33 Å². The molecule has 0 saturated carbocycles. The van der Waals surface area contributed by atoms with Crippen LogP contribution in [0.2, 0.25) is 0 Å². The molecule has 0 fully saturated rings. The second-order valence-electron chi connectivity index (χ2n) is 3.93. The van der Waals surface area contributed by atoms with Crippen LogP contribution in [0.5, 0.6) is 0 Å². The second kappa shape index (κ2) is 4.34. The van der Waals surface area contributed by atoms with E-state index in [1.54, 1.807) is 18.6 Å². The van der Waals surface area contributed by atoms with Crippen LogP contribution in [-0.2, 0) is 6.54 Å². The van der Waals surface area contributed by atoms with Crippen LogP contribution >= 0.6 is 0 Å². The second-order valence-corrected chi connectivity index (χ2v) is 3.93. The Morgan fingerprint density at radius 2 is 2.16 bits per heavy atom. The number of nitriles is 1. The summed E-state index contributed by atoms with van der Waals surface area (Å²) in [6.45, 7) is 0.462. The molecule has 0 aromatic carbocycles. The van der Waals surface area contributed by atoms with Gasteiger partial charge in [0.25, 0.3) is 0 Å². The summed E-state index contributed by atoms with van der Waals surface area (Å²) < 4.78 is 1.81. The molecule has 0 aliphatic heterocycles. The van der Waals surface area contributed by atoms with E-state index in [0.717, 1.165) is 5.56 Å². The first kappa shape index (κ1) is 11.1. The monoisotopic (exact) mass is 251 g/mol. The summed E-state index contributed by atoms with van der Waals surface area (Å²) in [6, 6.07) is 5.70. The van der Waals surface area contributed by atoms with E-state index in [1.807, 2.05) is 10.6 Å². The summed E-state index contributed by atoms with van der Waals surface area (Å²) in [4.78, 5) is 16.2. The van der Waals surface area contributed by atoms with Crippen LogP contribution in [-0.4, -0.2) is 24.5 Å². The molecule has 0 radical (unpaired) electrons.